The van der Waals surface area contributed by atoms with Crippen molar-refractivity contribution in [3.8, 4) is 5.75 Å². The van der Waals surface area contributed by atoms with Crippen LogP contribution in [0.15, 0.2) is 41.5 Å². The molecule has 0 amide bonds. The third-order valence-electron chi connectivity index (χ3n) is 3.59. The molecule has 0 saturated heterocycles. The van der Waals surface area contributed by atoms with Gasteiger partial charge in [-0.2, -0.15) is 5.10 Å². The van der Waals surface area contributed by atoms with Gasteiger partial charge >= 0.3 is 5.69 Å². The molecule has 3 aromatic rings. The average molecular weight is 283 g/mol. The number of aromatic nitrogens is 4. The standard InChI is InChI=1S/C14H13N5O2/c20-14-18-17-13-7-12(15-8-19(13)14)16-10-5-6-21-11-4-2-1-3-9(10)11/h1-4,7-8,10,16H,5-6H2,(H,18,20). The van der Waals surface area contributed by atoms with Crippen molar-refractivity contribution in [3.05, 3.63) is 52.7 Å². The largest absolute Gasteiger partial charge is 0.493 e. The second-order valence-corrected chi connectivity index (χ2v) is 4.90. The molecule has 1 unspecified atom stereocenters. The van der Waals surface area contributed by atoms with Crippen molar-refractivity contribution in [1.29, 1.82) is 0 Å². The second-order valence-electron chi connectivity index (χ2n) is 4.90. The number of para-hydroxylation sites is 1. The van der Waals surface area contributed by atoms with Gasteiger partial charge in [-0.05, 0) is 6.07 Å². The van der Waals surface area contributed by atoms with E-state index in [2.05, 4.69) is 20.5 Å². The minimum absolute atomic E-state index is 0.135. The lowest BCUT2D eigenvalue weighted by molar-refractivity contribution is 0.274. The Balaban J connectivity index is 1.67. The third kappa shape index (κ3) is 2.03. The Labute approximate surface area is 119 Å². The maximum absolute atomic E-state index is 11.4. The van der Waals surface area contributed by atoms with Crippen molar-refractivity contribution >= 4 is 11.5 Å². The number of nitrogens with one attached hydrogen (secondary N) is 2. The summed E-state index contributed by atoms with van der Waals surface area (Å²) < 4.78 is 7.01. The molecule has 0 bridgehead atoms. The fourth-order valence-corrected chi connectivity index (χ4v) is 2.56. The molecular weight excluding hydrogens is 270 g/mol. The van der Waals surface area contributed by atoms with Crippen LogP contribution in [0.3, 0.4) is 0 Å². The summed E-state index contributed by atoms with van der Waals surface area (Å²) in [5.74, 6) is 1.58. The molecule has 0 fully saturated rings. The van der Waals surface area contributed by atoms with Gasteiger partial charge < -0.3 is 10.1 Å². The van der Waals surface area contributed by atoms with Crippen LogP contribution in [-0.2, 0) is 0 Å². The number of ether oxygens (including phenoxy) is 1. The zero-order valence-electron chi connectivity index (χ0n) is 11.1. The van der Waals surface area contributed by atoms with Crippen molar-refractivity contribution in [2.75, 3.05) is 11.9 Å². The number of anilines is 1. The molecule has 0 aliphatic carbocycles. The summed E-state index contributed by atoms with van der Waals surface area (Å²) >= 11 is 0. The van der Waals surface area contributed by atoms with Crippen molar-refractivity contribution in [2.45, 2.75) is 12.5 Å². The van der Waals surface area contributed by atoms with Crippen molar-refractivity contribution in [3.63, 3.8) is 0 Å². The summed E-state index contributed by atoms with van der Waals surface area (Å²) in [4.78, 5) is 15.7. The summed E-state index contributed by atoms with van der Waals surface area (Å²) in [5, 5.41) is 9.71. The normalized spacial score (nSPS) is 17.2. The fraction of sp³-hybridized carbons (Fsp3) is 0.214. The van der Waals surface area contributed by atoms with Crippen LogP contribution < -0.4 is 15.7 Å². The van der Waals surface area contributed by atoms with Gasteiger partial charge in [0, 0.05) is 18.1 Å². The molecule has 7 nitrogen and oxygen atoms in total. The van der Waals surface area contributed by atoms with Gasteiger partial charge in [0.2, 0.25) is 0 Å². The number of rotatable bonds is 2. The van der Waals surface area contributed by atoms with E-state index in [4.69, 9.17) is 4.74 Å². The first kappa shape index (κ1) is 12.0. The van der Waals surface area contributed by atoms with Crippen LogP contribution in [-0.4, -0.2) is 26.2 Å². The second kappa shape index (κ2) is 4.62. The Bertz CT molecular complexity index is 854. The minimum Gasteiger partial charge on any atom is -0.493 e. The van der Waals surface area contributed by atoms with Gasteiger partial charge in [0.25, 0.3) is 0 Å². The first-order valence-electron chi connectivity index (χ1n) is 6.72. The Kier molecular flexibility index (Phi) is 2.63. The molecule has 7 heteroatoms. The van der Waals surface area contributed by atoms with Gasteiger partial charge in [-0.3, -0.25) is 0 Å². The molecule has 4 rings (SSSR count). The molecule has 3 heterocycles. The molecule has 1 atom stereocenters. The van der Waals surface area contributed by atoms with Gasteiger partial charge in [0.05, 0.1) is 12.6 Å². The van der Waals surface area contributed by atoms with Crippen LogP contribution in [0.1, 0.15) is 18.0 Å². The maximum Gasteiger partial charge on any atom is 0.348 e. The predicted octanol–water partition coefficient (Wildman–Crippen LogP) is 1.35. The number of benzene rings is 1. The summed E-state index contributed by atoms with van der Waals surface area (Å²) in [6, 6.07) is 9.84. The van der Waals surface area contributed by atoms with Gasteiger partial charge in [0.15, 0.2) is 5.65 Å². The molecule has 21 heavy (non-hydrogen) atoms. The number of hydrogen-bond donors (Lipinski definition) is 2. The first-order valence-corrected chi connectivity index (χ1v) is 6.72. The van der Waals surface area contributed by atoms with Gasteiger partial charge in [-0.15, -0.1) is 0 Å². The molecule has 2 aromatic heterocycles. The van der Waals surface area contributed by atoms with E-state index in [9.17, 15) is 4.79 Å². The number of fused-ring (bicyclic) bond motifs is 2. The highest BCUT2D eigenvalue weighted by Gasteiger charge is 2.21. The van der Waals surface area contributed by atoms with E-state index in [1.165, 1.54) is 10.7 Å². The van der Waals surface area contributed by atoms with E-state index in [-0.39, 0.29) is 11.7 Å². The quantitative estimate of drug-likeness (QED) is 0.741. The van der Waals surface area contributed by atoms with Crippen molar-refractivity contribution in [2.24, 2.45) is 0 Å². The molecule has 0 spiro atoms. The lowest BCUT2D eigenvalue weighted by atomic mass is 10.0. The van der Waals surface area contributed by atoms with Crippen molar-refractivity contribution < 1.29 is 4.74 Å². The van der Waals surface area contributed by atoms with E-state index in [0.29, 0.717) is 18.1 Å². The maximum atomic E-state index is 11.4. The van der Waals surface area contributed by atoms with Crippen LogP contribution in [0.4, 0.5) is 5.82 Å². The molecule has 1 aliphatic rings. The highest BCUT2D eigenvalue weighted by atomic mass is 16.5. The summed E-state index contributed by atoms with van der Waals surface area (Å²) in [5.41, 5.74) is 1.36. The number of aromatic amines is 1. The number of hydrogen-bond acceptors (Lipinski definition) is 5. The Morgan fingerprint density at radius 3 is 3.24 bits per heavy atom. The van der Waals surface area contributed by atoms with Gasteiger partial charge in [-0.25, -0.2) is 19.3 Å². The van der Waals surface area contributed by atoms with E-state index in [1.54, 1.807) is 6.07 Å². The summed E-state index contributed by atoms with van der Waals surface area (Å²) in [6.45, 7) is 0.665. The van der Waals surface area contributed by atoms with Crippen LogP contribution in [0.5, 0.6) is 5.75 Å². The Morgan fingerprint density at radius 2 is 2.29 bits per heavy atom. The van der Waals surface area contributed by atoms with Crippen LogP contribution in [0, 0.1) is 0 Å². The minimum atomic E-state index is -0.291. The highest BCUT2D eigenvalue weighted by Crippen LogP contribution is 2.33. The molecule has 1 aromatic carbocycles. The predicted molar refractivity (Wildman–Crippen MR) is 76.5 cm³/mol. The van der Waals surface area contributed by atoms with E-state index >= 15 is 0 Å². The molecule has 0 radical (unpaired) electrons. The molecule has 1 aliphatic heterocycles. The monoisotopic (exact) mass is 283 g/mol. The topological polar surface area (TPSA) is 84.3 Å². The highest BCUT2D eigenvalue weighted by molar-refractivity contribution is 5.51. The lowest BCUT2D eigenvalue weighted by Crippen LogP contribution is -2.21. The lowest BCUT2D eigenvalue weighted by Gasteiger charge is -2.26. The summed E-state index contributed by atoms with van der Waals surface area (Å²) in [7, 11) is 0. The van der Waals surface area contributed by atoms with Crippen LogP contribution in [0.25, 0.3) is 5.65 Å². The smallest absolute Gasteiger partial charge is 0.348 e. The molecule has 2 N–H and O–H groups in total. The SMILES string of the molecule is O=c1[nH]nc2cc(NC3CCOc4ccccc43)ncn12. The van der Waals surface area contributed by atoms with Crippen molar-refractivity contribution in [1.82, 2.24) is 19.6 Å². The van der Waals surface area contributed by atoms with Gasteiger partial charge in [0.1, 0.15) is 17.9 Å². The van der Waals surface area contributed by atoms with E-state index in [1.807, 2.05) is 24.3 Å². The zero-order valence-corrected chi connectivity index (χ0v) is 11.1. The Morgan fingerprint density at radius 1 is 1.38 bits per heavy atom. The summed E-state index contributed by atoms with van der Waals surface area (Å²) in [6.07, 6.45) is 2.33. The first-order chi connectivity index (χ1) is 10.3. The van der Waals surface area contributed by atoms with Crippen LogP contribution in [0.2, 0.25) is 0 Å². The molecule has 106 valence electrons. The molecular formula is C14H13N5O2. The van der Waals surface area contributed by atoms with E-state index in [0.717, 1.165) is 17.7 Å². The van der Waals surface area contributed by atoms with Gasteiger partial charge in [-0.1, -0.05) is 18.2 Å². The average Bonchev–Trinajstić information content (AvgIpc) is 2.89. The van der Waals surface area contributed by atoms with Crippen LogP contribution >= 0.6 is 0 Å². The molecule has 0 saturated carbocycles. The fourth-order valence-electron chi connectivity index (χ4n) is 2.56. The number of H-pyrrole nitrogens is 1. The third-order valence-corrected chi connectivity index (χ3v) is 3.59. The Hall–Kier alpha value is -2.83. The van der Waals surface area contributed by atoms with E-state index < -0.39 is 0 Å². The number of nitrogens with zero attached hydrogens (tertiary/aromatic N) is 3. The zero-order chi connectivity index (χ0) is 14.2.